The Balaban J connectivity index is 0. The Morgan fingerprint density at radius 3 is 2.75 bits per heavy atom. The van der Waals surface area contributed by atoms with Gasteiger partial charge in [0, 0.05) is 33.0 Å². The van der Waals surface area contributed by atoms with Gasteiger partial charge in [-0.1, -0.05) is 6.42 Å². The van der Waals surface area contributed by atoms with E-state index in [9.17, 15) is 0 Å². The molecule has 1 radical (unpaired) electrons. The van der Waals surface area contributed by atoms with E-state index in [2.05, 4.69) is 19.4 Å². The van der Waals surface area contributed by atoms with Crippen LogP contribution in [0, 0.1) is 13.8 Å². The largest absolute Gasteiger partial charge is 0.381 e. The van der Waals surface area contributed by atoms with Crippen LogP contribution >= 0.6 is 0 Å². The molecular formula is C10H18OSc-2. The number of hydrogen-bond donors (Lipinski definition) is 0. The molecule has 0 heterocycles. The monoisotopic (exact) mass is 199 g/mol. The third kappa shape index (κ3) is 4.46. The fourth-order valence-corrected chi connectivity index (χ4v) is 1.34. The summed E-state index contributed by atoms with van der Waals surface area (Å²) in [5.74, 6) is 0. The summed E-state index contributed by atoms with van der Waals surface area (Å²) in [6, 6.07) is 0. The Morgan fingerprint density at radius 2 is 2.25 bits per heavy atom. The van der Waals surface area contributed by atoms with E-state index in [1.165, 1.54) is 18.4 Å². The van der Waals surface area contributed by atoms with E-state index in [1.54, 1.807) is 7.11 Å². The molecule has 2 heteroatoms. The standard InChI is InChI=1S/C9H15O.CH3.Sc/c1-3-8-5-4-6-9(7-8)10-2;;/h3,5,9H,4,6-7H2,1-2H3;1H3;/q2*-1;. The van der Waals surface area contributed by atoms with Crippen LogP contribution in [-0.4, -0.2) is 13.2 Å². The fraction of sp³-hybridized carbons (Fsp3) is 0.600. The van der Waals surface area contributed by atoms with Crippen molar-refractivity contribution in [2.24, 2.45) is 0 Å². The second-order valence-corrected chi connectivity index (χ2v) is 2.71. The molecule has 12 heavy (non-hydrogen) atoms. The zero-order valence-electron chi connectivity index (χ0n) is 8.34. The first-order valence-corrected chi connectivity index (χ1v) is 3.88. The molecule has 0 saturated heterocycles. The molecule has 0 N–H and O–H groups in total. The van der Waals surface area contributed by atoms with Crippen LogP contribution in [0.1, 0.15) is 26.2 Å². The van der Waals surface area contributed by atoms with E-state index in [0.717, 1.165) is 6.42 Å². The minimum absolute atomic E-state index is 0. The maximum Gasteiger partial charge on any atom is 0.0571 e. The molecular weight excluding hydrogens is 181 g/mol. The second-order valence-electron chi connectivity index (χ2n) is 2.71. The number of methoxy groups -OCH3 is 1. The van der Waals surface area contributed by atoms with Crippen LogP contribution in [0.5, 0.6) is 0 Å². The molecule has 1 aliphatic rings. The van der Waals surface area contributed by atoms with Gasteiger partial charge in [0.05, 0.1) is 6.10 Å². The predicted octanol–water partition coefficient (Wildman–Crippen LogP) is 2.78. The van der Waals surface area contributed by atoms with Gasteiger partial charge < -0.3 is 12.2 Å². The van der Waals surface area contributed by atoms with Crippen molar-refractivity contribution in [1.29, 1.82) is 0 Å². The van der Waals surface area contributed by atoms with E-state index in [0.29, 0.717) is 6.10 Å². The minimum Gasteiger partial charge on any atom is -0.381 e. The van der Waals surface area contributed by atoms with Gasteiger partial charge >= 0.3 is 0 Å². The van der Waals surface area contributed by atoms with E-state index in [4.69, 9.17) is 4.74 Å². The summed E-state index contributed by atoms with van der Waals surface area (Å²) in [5.41, 5.74) is 1.44. The predicted molar refractivity (Wildman–Crippen MR) is 49.1 cm³/mol. The van der Waals surface area contributed by atoms with Crippen molar-refractivity contribution in [3.63, 3.8) is 0 Å². The molecule has 0 aromatic heterocycles. The molecule has 1 nitrogen and oxygen atoms in total. The topological polar surface area (TPSA) is 9.23 Å². The van der Waals surface area contributed by atoms with Gasteiger partial charge in [-0.15, -0.1) is 6.92 Å². The molecule has 0 aliphatic heterocycles. The Hall–Kier alpha value is 0.440. The first-order chi connectivity index (χ1) is 4.86. The smallest absolute Gasteiger partial charge is 0.0571 e. The van der Waals surface area contributed by atoms with Crippen LogP contribution in [0.25, 0.3) is 0 Å². The van der Waals surface area contributed by atoms with E-state index in [-0.39, 0.29) is 33.3 Å². The van der Waals surface area contributed by atoms with Gasteiger partial charge in [-0.05, 0) is 12.8 Å². The van der Waals surface area contributed by atoms with E-state index >= 15 is 0 Å². The molecule has 0 aromatic carbocycles. The summed E-state index contributed by atoms with van der Waals surface area (Å²) in [5, 5.41) is 0. The quantitative estimate of drug-likeness (QED) is 0.621. The normalized spacial score (nSPS) is 21.5. The molecule has 69 valence electrons. The SMILES string of the molecule is C[CH-]C1=CCCC(OC)C1.[CH3-].[Sc]. The number of hydrogen-bond acceptors (Lipinski definition) is 1. The van der Waals surface area contributed by atoms with Gasteiger partial charge in [0.2, 0.25) is 0 Å². The molecule has 0 amide bonds. The Kier molecular flexibility index (Phi) is 10.0. The van der Waals surface area contributed by atoms with Crippen molar-refractivity contribution in [1.82, 2.24) is 0 Å². The van der Waals surface area contributed by atoms with Gasteiger partial charge in [0.1, 0.15) is 0 Å². The summed E-state index contributed by atoms with van der Waals surface area (Å²) in [7, 11) is 1.79. The maximum atomic E-state index is 5.26. The maximum absolute atomic E-state index is 5.26. The van der Waals surface area contributed by atoms with Gasteiger partial charge in [-0.25, -0.2) is 18.1 Å². The summed E-state index contributed by atoms with van der Waals surface area (Å²) in [6.45, 7) is 2.09. The average Bonchev–Trinajstić information content (AvgIpc) is 2.05. The molecule has 1 rings (SSSR count). The van der Waals surface area contributed by atoms with Crippen molar-refractivity contribution < 1.29 is 30.6 Å². The average molecular weight is 199 g/mol. The molecule has 1 unspecified atom stereocenters. The van der Waals surface area contributed by atoms with Crippen LogP contribution in [0.2, 0.25) is 0 Å². The third-order valence-electron chi connectivity index (χ3n) is 2.06. The second kappa shape index (κ2) is 8.06. The van der Waals surface area contributed by atoms with Gasteiger partial charge in [-0.3, -0.25) is 0 Å². The zero-order valence-corrected chi connectivity index (χ0v) is 10.1. The van der Waals surface area contributed by atoms with Crippen LogP contribution in [0.3, 0.4) is 0 Å². The van der Waals surface area contributed by atoms with Crippen molar-refractivity contribution in [3.05, 3.63) is 25.5 Å². The Bertz CT molecular complexity index is 132. The number of allylic oxidation sites excluding steroid dienone is 1. The first kappa shape index (κ1) is 14.9. The van der Waals surface area contributed by atoms with Crippen LogP contribution in [0.4, 0.5) is 0 Å². The summed E-state index contributed by atoms with van der Waals surface area (Å²) in [6.07, 6.45) is 8.41. The summed E-state index contributed by atoms with van der Waals surface area (Å²) >= 11 is 0. The third-order valence-corrected chi connectivity index (χ3v) is 2.06. The first-order valence-electron chi connectivity index (χ1n) is 3.88. The van der Waals surface area contributed by atoms with Gasteiger partial charge in [0.15, 0.2) is 0 Å². The molecule has 1 aliphatic carbocycles. The van der Waals surface area contributed by atoms with Crippen molar-refractivity contribution in [2.75, 3.05) is 7.11 Å². The number of rotatable bonds is 2. The van der Waals surface area contributed by atoms with Gasteiger partial charge in [0.25, 0.3) is 0 Å². The molecule has 0 spiro atoms. The summed E-state index contributed by atoms with van der Waals surface area (Å²) in [4.78, 5) is 0. The van der Waals surface area contributed by atoms with Crippen LogP contribution in [0.15, 0.2) is 11.6 Å². The fourth-order valence-electron chi connectivity index (χ4n) is 1.34. The Morgan fingerprint density at radius 1 is 1.58 bits per heavy atom. The van der Waals surface area contributed by atoms with Gasteiger partial charge in [-0.2, -0.15) is 0 Å². The number of ether oxygens (including phenoxy) is 1. The van der Waals surface area contributed by atoms with Crippen molar-refractivity contribution in [2.45, 2.75) is 32.3 Å². The van der Waals surface area contributed by atoms with E-state index < -0.39 is 0 Å². The molecule has 0 saturated carbocycles. The van der Waals surface area contributed by atoms with E-state index in [1.807, 2.05) is 0 Å². The molecule has 0 aromatic rings. The molecule has 0 bridgehead atoms. The zero-order chi connectivity index (χ0) is 7.40. The van der Waals surface area contributed by atoms with Crippen LogP contribution < -0.4 is 0 Å². The molecule has 1 atom stereocenters. The Labute approximate surface area is 95.4 Å². The summed E-state index contributed by atoms with van der Waals surface area (Å²) < 4.78 is 5.26. The van der Waals surface area contributed by atoms with Crippen molar-refractivity contribution >= 4 is 0 Å². The molecule has 0 fully saturated rings. The van der Waals surface area contributed by atoms with Crippen LogP contribution in [-0.2, 0) is 30.6 Å². The minimum atomic E-state index is 0. The van der Waals surface area contributed by atoms with Crippen molar-refractivity contribution in [3.8, 4) is 0 Å².